The Morgan fingerprint density at radius 1 is 1.04 bits per heavy atom. The van der Waals surface area contributed by atoms with E-state index >= 15 is 0 Å². The van der Waals surface area contributed by atoms with Crippen molar-refractivity contribution in [3.05, 3.63) is 30.3 Å². The van der Waals surface area contributed by atoms with Gasteiger partial charge in [0, 0.05) is 64.6 Å². The SMILES string of the molecule is CN1CCN(CCOC(=O)N2CCN(c3ccccc3)CC2)CC1.O=CO. The zero-order valence-electron chi connectivity index (χ0n) is 16.0. The van der Waals surface area contributed by atoms with E-state index in [9.17, 15) is 4.79 Å². The summed E-state index contributed by atoms with van der Waals surface area (Å²) in [5, 5.41) is 6.89. The lowest BCUT2D eigenvalue weighted by molar-refractivity contribution is -0.122. The number of nitrogens with zero attached hydrogens (tertiary/aromatic N) is 4. The molecule has 0 aromatic heterocycles. The molecule has 0 radical (unpaired) electrons. The predicted molar refractivity (Wildman–Crippen MR) is 104 cm³/mol. The number of anilines is 1. The van der Waals surface area contributed by atoms with Crippen molar-refractivity contribution >= 4 is 18.3 Å². The maximum atomic E-state index is 12.2. The lowest BCUT2D eigenvalue weighted by Crippen LogP contribution is -2.49. The molecule has 0 atom stereocenters. The Bertz CT molecular complexity index is 556. The molecular weight excluding hydrogens is 348 g/mol. The first-order valence-electron chi connectivity index (χ1n) is 9.34. The van der Waals surface area contributed by atoms with Crippen molar-refractivity contribution in [3.63, 3.8) is 0 Å². The summed E-state index contributed by atoms with van der Waals surface area (Å²) < 4.78 is 5.47. The van der Waals surface area contributed by atoms with E-state index < -0.39 is 0 Å². The fraction of sp³-hybridized carbons (Fsp3) is 0.579. The first-order chi connectivity index (χ1) is 13.1. The average molecular weight is 378 g/mol. The lowest BCUT2D eigenvalue weighted by Gasteiger charge is -2.36. The molecule has 2 fully saturated rings. The summed E-state index contributed by atoms with van der Waals surface area (Å²) in [5.74, 6) is 0. The van der Waals surface area contributed by atoms with Crippen LogP contribution in [0.25, 0.3) is 0 Å². The molecule has 1 aromatic rings. The zero-order chi connectivity index (χ0) is 19.5. The summed E-state index contributed by atoms with van der Waals surface area (Å²) in [7, 11) is 2.15. The third kappa shape index (κ3) is 7.07. The van der Waals surface area contributed by atoms with Gasteiger partial charge in [-0.05, 0) is 19.2 Å². The van der Waals surface area contributed by atoms with Crippen LogP contribution in [-0.4, -0.2) is 105 Å². The van der Waals surface area contributed by atoms with Crippen molar-refractivity contribution in [2.24, 2.45) is 0 Å². The number of benzene rings is 1. The van der Waals surface area contributed by atoms with Gasteiger partial charge in [-0.15, -0.1) is 0 Å². The first kappa shape index (κ1) is 21.0. The third-order valence-corrected chi connectivity index (χ3v) is 4.89. The molecule has 0 saturated carbocycles. The zero-order valence-corrected chi connectivity index (χ0v) is 16.0. The van der Waals surface area contributed by atoms with Crippen LogP contribution < -0.4 is 4.90 Å². The highest BCUT2D eigenvalue weighted by atomic mass is 16.6. The molecule has 0 aliphatic carbocycles. The van der Waals surface area contributed by atoms with Crippen LogP contribution in [0.15, 0.2) is 30.3 Å². The maximum absolute atomic E-state index is 12.2. The molecule has 2 saturated heterocycles. The van der Waals surface area contributed by atoms with Gasteiger partial charge in [-0.25, -0.2) is 4.79 Å². The number of rotatable bonds is 4. The number of ether oxygens (including phenoxy) is 1. The highest BCUT2D eigenvalue weighted by molar-refractivity contribution is 5.68. The molecule has 2 aliphatic rings. The van der Waals surface area contributed by atoms with Gasteiger partial charge in [0.1, 0.15) is 6.61 Å². The van der Waals surface area contributed by atoms with E-state index in [-0.39, 0.29) is 12.6 Å². The van der Waals surface area contributed by atoms with E-state index in [4.69, 9.17) is 14.6 Å². The molecule has 0 bridgehead atoms. The summed E-state index contributed by atoms with van der Waals surface area (Å²) in [4.78, 5) is 29.4. The van der Waals surface area contributed by atoms with Crippen LogP contribution in [0.4, 0.5) is 10.5 Å². The maximum Gasteiger partial charge on any atom is 0.409 e. The van der Waals surface area contributed by atoms with Crippen LogP contribution in [-0.2, 0) is 9.53 Å². The van der Waals surface area contributed by atoms with E-state index in [1.165, 1.54) is 5.69 Å². The van der Waals surface area contributed by atoms with E-state index in [1.807, 2.05) is 23.1 Å². The van der Waals surface area contributed by atoms with Crippen LogP contribution in [0.3, 0.4) is 0 Å². The minimum atomic E-state index is -0.250. The Morgan fingerprint density at radius 3 is 2.22 bits per heavy atom. The van der Waals surface area contributed by atoms with Gasteiger partial charge in [0.15, 0.2) is 0 Å². The fourth-order valence-corrected chi connectivity index (χ4v) is 3.21. The molecule has 2 aliphatic heterocycles. The Hall–Kier alpha value is -2.32. The van der Waals surface area contributed by atoms with Gasteiger partial charge >= 0.3 is 6.09 Å². The van der Waals surface area contributed by atoms with Crippen molar-refractivity contribution in [1.82, 2.24) is 14.7 Å². The second kappa shape index (κ2) is 11.4. The summed E-state index contributed by atoms with van der Waals surface area (Å²) in [6.45, 7) is 8.54. The van der Waals surface area contributed by atoms with Gasteiger partial charge in [0.25, 0.3) is 6.47 Å². The van der Waals surface area contributed by atoms with Crippen LogP contribution in [0.1, 0.15) is 0 Å². The van der Waals surface area contributed by atoms with E-state index in [1.54, 1.807) is 0 Å². The molecule has 8 heteroatoms. The predicted octanol–water partition coefficient (Wildman–Crippen LogP) is 0.893. The second-order valence-electron chi connectivity index (χ2n) is 6.67. The Kier molecular flexibility index (Phi) is 8.86. The molecule has 150 valence electrons. The van der Waals surface area contributed by atoms with Crippen molar-refractivity contribution in [1.29, 1.82) is 0 Å². The number of hydrogen-bond donors (Lipinski definition) is 1. The number of likely N-dealkylation sites (N-methyl/N-ethyl adjacent to an activating group) is 1. The topological polar surface area (TPSA) is 76.6 Å². The van der Waals surface area contributed by atoms with Gasteiger partial charge in [0.05, 0.1) is 0 Å². The normalized spacial score (nSPS) is 18.4. The monoisotopic (exact) mass is 378 g/mol. The highest BCUT2D eigenvalue weighted by Gasteiger charge is 2.22. The second-order valence-corrected chi connectivity index (χ2v) is 6.67. The summed E-state index contributed by atoms with van der Waals surface area (Å²) in [6.07, 6.45) is -0.170. The minimum Gasteiger partial charge on any atom is -0.483 e. The van der Waals surface area contributed by atoms with Crippen molar-refractivity contribution in [3.8, 4) is 0 Å². The number of hydrogen-bond acceptors (Lipinski definition) is 6. The van der Waals surface area contributed by atoms with Crippen molar-refractivity contribution in [2.45, 2.75) is 0 Å². The van der Waals surface area contributed by atoms with Crippen molar-refractivity contribution in [2.75, 3.05) is 77.5 Å². The smallest absolute Gasteiger partial charge is 0.409 e. The third-order valence-electron chi connectivity index (χ3n) is 4.89. The molecule has 2 heterocycles. The number of para-hydroxylation sites is 1. The fourth-order valence-electron chi connectivity index (χ4n) is 3.21. The number of carboxylic acid groups (broad SMARTS) is 1. The standard InChI is InChI=1S/C18H28N4O2.CH2O2/c1-19-7-9-20(10-8-19)15-16-24-18(23)22-13-11-21(12-14-22)17-5-3-2-4-6-17;2-1-3/h2-6H,7-16H2,1H3;1H,(H,2,3). The Morgan fingerprint density at radius 2 is 1.63 bits per heavy atom. The largest absolute Gasteiger partial charge is 0.483 e. The van der Waals surface area contributed by atoms with Crippen LogP contribution >= 0.6 is 0 Å². The van der Waals surface area contributed by atoms with Gasteiger partial charge in [0.2, 0.25) is 0 Å². The summed E-state index contributed by atoms with van der Waals surface area (Å²) in [6, 6.07) is 10.4. The first-order valence-corrected chi connectivity index (χ1v) is 9.34. The number of carbonyl (C=O) groups is 2. The number of piperazine rings is 2. The number of carbonyl (C=O) groups excluding carboxylic acids is 1. The molecule has 27 heavy (non-hydrogen) atoms. The molecule has 8 nitrogen and oxygen atoms in total. The summed E-state index contributed by atoms with van der Waals surface area (Å²) >= 11 is 0. The van der Waals surface area contributed by atoms with Gasteiger partial charge in [-0.3, -0.25) is 9.69 Å². The van der Waals surface area contributed by atoms with Gasteiger partial charge in [-0.2, -0.15) is 0 Å². The van der Waals surface area contributed by atoms with Gasteiger partial charge < -0.3 is 24.5 Å². The molecule has 1 amide bonds. The van der Waals surface area contributed by atoms with E-state index in [0.717, 1.165) is 58.9 Å². The van der Waals surface area contributed by atoms with E-state index in [2.05, 4.69) is 33.9 Å². The summed E-state index contributed by atoms with van der Waals surface area (Å²) in [5.41, 5.74) is 1.22. The van der Waals surface area contributed by atoms with Crippen molar-refractivity contribution < 1.29 is 19.4 Å². The highest BCUT2D eigenvalue weighted by Crippen LogP contribution is 2.15. The Labute approximate surface area is 160 Å². The molecule has 1 aromatic carbocycles. The molecule has 0 unspecified atom stereocenters. The lowest BCUT2D eigenvalue weighted by atomic mass is 10.2. The van der Waals surface area contributed by atoms with Crippen LogP contribution in [0.2, 0.25) is 0 Å². The molecule has 1 N–H and O–H groups in total. The van der Waals surface area contributed by atoms with E-state index in [0.29, 0.717) is 6.61 Å². The molecule has 3 rings (SSSR count). The van der Waals surface area contributed by atoms with Crippen LogP contribution in [0.5, 0.6) is 0 Å². The van der Waals surface area contributed by atoms with Crippen LogP contribution in [0, 0.1) is 0 Å². The minimum absolute atomic E-state index is 0.170. The quantitative estimate of drug-likeness (QED) is 0.780. The average Bonchev–Trinajstić information content (AvgIpc) is 2.71. The molecular formula is C19H30N4O4. The van der Waals surface area contributed by atoms with Gasteiger partial charge in [-0.1, -0.05) is 18.2 Å². The number of amides is 1. The Balaban J connectivity index is 0.000000817. The molecule has 0 spiro atoms.